The van der Waals surface area contributed by atoms with Crippen molar-refractivity contribution in [3.63, 3.8) is 0 Å². The normalized spacial score (nSPS) is 29.9. The molecule has 0 spiro atoms. The summed E-state index contributed by atoms with van der Waals surface area (Å²) in [6.07, 6.45) is 1.79. The van der Waals surface area contributed by atoms with Gasteiger partial charge < -0.3 is 14.6 Å². The van der Waals surface area contributed by atoms with Crippen molar-refractivity contribution in [2.45, 2.75) is 56.4 Å². The number of piperidine rings is 1. The highest BCUT2D eigenvalue weighted by molar-refractivity contribution is 5.78. The first-order chi connectivity index (χ1) is 12.0. The molecular formula is C19H25NO5. The van der Waals surface area contributed by atoms with E-state index in [0.29, 0.717) is 6.42 Å². The van der Waals surface area contributed by atoms with E-state index in [4.69, 9.17) is 9.47 Å². The zero-order valence-electron chi connectivity index (χ0n) is 14.6. The Kier molecular flexibility index (Phi) is 5.39. The van der Waals surface area contributed by atoms with E-state index in [0.717, 1.165) is 18.4 Å². The highest BCUT2D eigenvalue weighted by atomic mass is 16.6. The first kappa shape index (κ1) is 17.9. The van der Waals surface area contributed by atoms with E-state index < -0.39 is 11.9 Å². The Morgan fingerprint density at radius 3 is 2.56 bits per heavy atom. The van der Waals surface area contributed by atoms with Crippen LogP contribution in [0.2, 0.25) is 0 Å². The minimum atomic E-state index is -0.664. The molecule has 136 valence electrons. The van der Waals surface area contributed by atoms with E-state index in [1.165, 1.54) is 6.92 Å². The highest BCUT2D eigenvalue weighted by Gasteiger charge is 2.47. The number of carbonyl (C=O) groups is 2. The van der Waals surface area contributed by atoms with Gasteiger partial charge in [-0.3, -0.25) is 14.5 Å². The highest BCUT2D eigenvalue weighted by Crippen LogP contribution is 2.38. The molecule has 2 aliphatic heterocycles. The summed E-state index contributed by atoms with van der Waals surface area (Å²) in [5.74, 6) is -1.33. The van der Waals surface area contributed by atoms with E-state index in [2.05, 4.69) is 4.90 Å². The number of aliphatic hydroxyl groups is 1. The largest absolute Gasteiger partial charge is 0.462 e. The lowest BCUT2D eigenvalue weighted by atomic mass is 9.98. The third kappa shape index (κ3) is 3.85. The zero-order chi connectivity index (χ0) is 18.0. The van der Waals surface area contributed by atoms with Crippen molar-refractivity contribution in [1.82, 2.24) is 4.90 Å². The smallest absolute Gasteiger partial charge is 0.316 e. The third-order valence-electron chi connectivity index (χ3n) is 5.34. The minimum Gasteiger partial charge on any atom is -0.462 e. The number of carbonyl (C=O) groups excluding carboxylic acids is 2. The molecule has 1 N–H and O–H groups in total. The number of ether oxygens (including phenoxy) is 2. The predicted molar refractivity (Wildman–Crippen MR) is 90.9 cm³/mol. The van der Waals surface area contributed by atoms with E-state index >= 15 is 0 Å². The molecule has 5 unspecified atom stereocenters. The average molecular weight is 347 g/mol. The van der Waals surface area contributed by atoms with Crippen molar-refractivity contribution >= 4 is 11.9 Å². The topological polar surface area (TPSA) is 76.1 Å². The molecule has 0 radical (unpaired) electrons. The number of hydrogen-bond acceptors (Lipinski definition) is 6. The maximum atomic E-state index is 12.5. The molecule has 2 bridgehead atoms. The van der Waals surface area contributed by atoms with E-state index in [1.807, 2.05) is 37.4 Å². The van der Waals surface area contributed by atoms with Crippen LogP contribution in [0.5, 0.6) is 0 Å². The lowest BCUT2D eigenvalue weighted by Crippen LogP contribution is -2.46. The molecule has 2 heterocycles. The molecule has 6 nitrogen and oxygen atoms in total. The van der Waals surface area contributed by atoms with Crippen molar-refractivity contribution in [1.29, 1.82) is 0 Å². The van der Waals surface area contributed by atoms with Gasteiger partial charge in [0.05, 0.1) is 12.6 Å². The summed E-state index contributed by atoms with van der Waals surface area (Å²) in [6.45, 7) is 1.14. The summed E-state index contributed by atoms with van der Waals surface area (Å²) >= 11 is 0. The van der Waals surface area contributed by atoms with Gasteiger partial charge >= 0.3 is 11.9 Å². The van der Waals surface area contributed by atoms with Crippen LogP contribution < -0.4 is 0 Å². The van der Waals surface area contributed by atoms with Crippen molar-refractivity contribution in [3.05, 3.63) is 35.9 Å². The van der Waals surface area contributed by atoms with Crippen LogP contribution in [0.3, 0.4) is 0 Å². The number of hydrogen-bond donors (Lipinski definition) is 1. The SMILES string of the molecule is CC(=O)OC1CC2CC(OC(=O)C(CO)c3ccccc3)CC1N2C. The monoisotopic (exact) mass is 347 g/mol. The number of rotatable bonds is 5. The fourth-order valence-electron chi connectivity index (χ4n) is 4.06. The number of fused-ring (bicyclic) bond motifs is 2. The molecule has 0 aliphatic carbocycles. The summed E-state index contributed by atoms with van der Waals surface area (Å²) in [4.78, 5) is 26.0. The predicted octanol–water partition coefficient (Wildman–Crippen LogP) is 1.47. The second-order valence-electron chi connectivity index (χ2n) is 6.95. The Labute approximate surface area is 147 Å². The Morgan fingerprint density at radius 2 is 1.92 bits per heavy atom. The fourth-order valence-corrected chi connectivity index (χ4v) is 4.06. The number of likely N-dealkylation sites (N-methyl/N-ethyl adjacent to an activating group) is 1. The molecule has 0 saturated carbocycles. The fraction of sp³-hybridized carbons (Fsp3) is 0.579. The zero-order valence-corrected chi connectivity index (χ0v) is 14.6. The van der Waals surface area contributed by atoms with Crippen LogP contribution in [0.4, 0.5) is 0 Å². The van der Waals surface area contributed by atoms with Gasteiger partial charge in [-0.05, 0) is 12.6 Å². The minimum absolute atomic E-state index is 0.0738. The summed E-state index contributed by atoms with van der Waals surface area (Å²) in [7, 11) is 2.03. The maximum absolute atomic E-state index is 12.5. The molecule has 2 aliphatic rings. The maximum Gasteiger partial charge on any atom is 0.316 e. The van der Waals surface area contributed by atoms with Crippen LogP contribution >= 0.6 is 0 Å². The van der Waals surface area contributed by atoms with E-state index in [-0.39, 0.29) is 36.9 Å². The molecule has 1 aromatic rings. The number of nitrogens with zero attached hydrogens (tertiary/aromatic N) is 1. The van der Waals surface area contributed by atoms with Gasteiger partial charge in [0.15, 0.2) is 0 Å². The molecule has 0 amide bonds. The Morgan fingerprint density at radius 1 is 1.20 bits per heavy atom. The molecule has 2 fully saturated rings. The molecule has 2 saturated heterocycles. The number of benzene rings is 1. The Hall–Kier alpha value is -1.92. The second-order valence-corrected chi connectivity index (χ2v) is 6.95. The standard InChI is InChI=1S/C19H25NO5/c1-12(22)24-18-9-14-8-15(10-17(18)20(14)2)25-19(23)16(11-21)13-6-4-3-5-7-13/h3-7,14-18,21H,8-11H2,1-2H3. The van der Waals surface area contributed by atoms with Gasteiger partial charge in [0, 0.05) is 32.2 Å². The second kappa shape index (κ2) is 7.54. The van der Waals surface area contributed by atoms with Gasteiger partial charge in [0.1, 0.15) is 18.1 Å². The van der Waals surface area contributed by atoms with Gasteiger partial charge in [-0.25, -0.2) is 0 Å². The first-order valence-corrected chi connectivity index (χ1v) is 8.75. The van der Waals surface area contributed by atoms with Gasteiger partial charge in [-0.1, -0.05) is 30.3 Å². The Bertz CT molecular complexity index is 620. The average Bonchev–Trinajstić information content (AvgIpc) is 2.75. The van der Waals surface area contributed by atoms with Crippen molar-refractivity contribution in [2.75, 3.05) is 13.7 Å². The molecule has 5 atom stereocenters. The summed E-state index contributed by atoms with van der Waals surface area (Å²) < 4.78 is 11.1. The van der Waals surface area contributed by atoms with Crippen LogP contribution in [-0.2, 0) is 19.1 Å². The van der Waals surface area contributed by atoms with Gasteiger partial charge in [-0.15, -0.1) is 0 Å². The Balaban J connectivity index is 1.64. The van der Waals surface area contributed by atoms with Crippen LogP contribution in [0, 0.1) is 0 Å². The molecular weight excluding hydrogens is 322 g/mol. The molecule has 6 heteroatoms. The molecule has 3 rings (SSSR count). The van der Waals surface area contributed by atoms with Crippen molar-refractivity contribution in [3.8, 4) is 0 Å². The lowest BCUT2D eigenvalue weighted by molar-refractivity contribution is -0.157. The van der Waals surface area contributed by atoms with E-state index in [1.54, 1.807) is 0 Å². The quantitative estimate of drug-likeness (QED) is 0.813. The number of esters is 2. The van der Waals surface area contributed by atoms with Gasteiger partial charge in [-0.2, -0.15) is 0 Å². The molecule has 1 aromatic carbocycles. The summed E-state index contributed by atoms with van der Waals surface area (Å²) in [6, 6.07) is 9.49. The molecule has 25 heavy (non-hydrogen) atoms. The molecule has 0 aromatic heterocycles. The third-order valence-corrected chi connectivity index (χ3v) is 5.34. The van der Waals surface area contributed by atoms with Gasteiger partial charge in [0.25, 0.3) is 0 Å². The van der Waals surface area contributed by atoms with Crippen LogP contribution in [0.25, 0.3) is 0 Å². The van der Waals surface area contributed by atoms with Crippen molar-refractivity contribution < 1.29 is 24.2 Å². The van der Waals surface area contributed by atoms with Crippen LogP contribution in [-0.4, -0.2) is 59.9 Å². The summed E-state index contributed by atoms with van der Waals surface area (Å²) in [5, 5.41) is 9.61. The lowest BCUT2D eigenvalue weighted by Gasteiger charge is -2.36. The van der Waals surface area contributed by atoms with Crippen molar-refractivity contribution in [2.24, 2.45) is 0 Å². The van der Waals surface area contributed by atoms with Crippen LogP contribution in [0.1, 0.15) is 37.7 Å². The number of aliphatic hydroxyl groups excluding tert-OH is 1. The van der Waals surface area contributed by atoms with E-state index in [9.17, 15) is 14.7 Å². The van der Waals surface area contributed by atoms with Gasteiger partial charge in [0.2, 0.25) is 0 Å². The summed E-state index contributed by atoms with van der Waals surface area (Å²) in [5.41, 5.74) is 0.753. The van der Waals surface area contributed by atoms with Crippen LogP contribution in [0.15, 0.2) is 30.3 Å². The first-order valence-electron chi connectivity index (χ1n) is 8.75.